The quantitative estimate of drug-likeness (QED) is 0.745. The Kier molecular flexibility index (Phi) is 3.64. The maximum absolute atomic E-state index is 11.8. The van der Waals surface area contributed by atoms with Crippen molar-refractivity contribution in [1.29, 1.82) is 0 Å². The van der Waals surface area contributed by atoms with Crippen molar-refractivity contribution in [2.24, 2.45) is 0 Å². The van der Waals surface area contributed by atoms with Gasteiger partial charge in [0.1, 0.15) is 0 Å². The summed E-state index contributed by atoms with van der Waals surface area (Å²) in [6.07, 6.45) is 6.92. The number of hydrogen-bond donors (Lipinski definition) is 3. The normalized spacial score (nSPS) is 18.1. The fourth-order valence-electron chi connectivity index (χ4n) is 2.31. The summed E-state index contributed by atoms with van der Waals surface area (Å²) in [7, 11) is 0. The Balaban J connectivity index is 1.94. The highest BCUT2D eigenvalue weighted by Crippen LogP contribution is 2.27. The van der Waals surface area contributed by atoms with Crippen LogP contribution in [0, 0.1) is 0 Å². The highest BCUT2D eigenvalue weighted by atomic mass is 16.2. The first-order chi connectivity index (χ1) is 8.57. The molecule has 3 N–H and O–H groups in total. The van der Waals surface area contributed by atoms with Crippen LogP contribution in [0.2, 0.25) is 0 Å². The SMILES string of the molecule is CC1(NC(=O)Nc2nc(=O)cc[nH]2)CCCCC1. The number of nitrogens with one attached hydrogen (secondary N) is 3. The molecule has 1 aromatic heterocycles. The van der Waals surface area contributed by atoms with Gasteiger partial charge in [-0.25, -0.2) is 4.79 Å². The molecule has 1 aliphatic carbocycles. The van der Waals surface area contributed by atoms with E-state index in [2.05, 4.69) is 20.6 Å². The summed E-state index contributed by atoms with van der Waals surface area (Å²) in [6, 6.07) is 0.972. The van der Waals surface area contributed by atoms with Crippen molar-refractivity contribution in [2.75, 3.05) is 5.32 Å². The van der Waals surface area contributed by atoms with E-state index in [4.69, 9.17) is 0 Å². The van der Waals surface area contributed by atoms with Gasteiger partial charge in [0.05, 0.1) is 0 Å². The first kappa shape index (κ1) is 12.6. The Hall–Kier alpha value is -1.85. The molecule has 98 valence electrons. The molecule has 6 nitrogen and oxygen atoms in total. The highest BCUT2D eigenvalue weighted by Gasteiger charge is 2.28. The molecule has 2 amide bonds. The van der Waals surface area contributed by atoms with Gasteiger partial charge in [0, 0.05) is 17.8 Å². The third kappa shape index (κ3) is 3.32. The summed E-state index contributed by atoms with van der Waals surface area (Å²) in [4.78, 5) is 29.2. The van der Waals surface area contributed by atoms with E-state index >= 15 is 0 Å². The average molecular weight is 250 g/mol. The number of aromatic nitrogens is 2. The molecule has 0 bridgehead atoms. The van der Waals surface area contributed by atoms with Gasteiger partial charge >= 0.3 is 6.03 Å². The summed E-state index contributed by atoms with van der Waals surface area (Å²) in [5, 5.41) is 5.49. The second-order valence-electron chi connectivity index (χ2n) is 4.98. The summed E-state index contributed by atoms with van der Waals surface area (Å²) in [5.74, 6) is 0.166. The van der Waals surface area contributed by atoms with E-state index < -0.39 is 0 Å². The number of carbonyl (C=O) groups is 1. The Morgan fingerprint density at radius 1 is 1.39 bits per heavy atom. The van der Waals surface area contributed by atoms with Gasteiger partial charge in [-0.15, -0.1) is 0 Å². The molecule has 1 saturated carbocycles. The van der Waals surface area contributed by atoms with Crippen molar-refractivity contribution in [3.05, 3.63) is 22.6 Å². The summed E-state index contributed by atoms with van der Waals surface area (Å²) in [6.45, 7) is 2.05. The summed E-state index contributed by atoms with van der Waals surface area (Å²) in [5.41, 5.74) is -0.537. The lowest BCUT2D eigenvalue weighted by molar-refractivity contribution is 0.221. The number of urea groups is 1. The summed E-state index contributed by atoms with van der Waals surface area (Å²) < 4.78 is 0. The molecule has 6 heteroatoms. The van der Waals surface area contributed by atoms with Crippen molar-refractivity contribution in [1.82, 2.24) is 15.3 Å². The van der Waals surface area contributed by atoms with Crippen LogP contribution in [0.15, 0.2) is 17.1 Å². The summed E-state index contributed by atoms with van der Waals surface area (Å²) >= 11 is 0. The van der Waals surface area contributed by atoms with E-state index in [9.17, 15) is 9.59 Å². The zero-order valence-electron chi connectivity index (χ0n) is 10.5. The van der Waals surface area contributed by atoms with E-state index in [1.165, 1.54) is 18.7 Å². The molecule has 2 rings (SSSR count). The number of hydrogen-bond acceptors (Lipinski definition) is 3. The standard InChI is InChI=1S/C12H18N4O2/c1-12(6-3-2-4-7-12)16-11(18)15-10-13-8-5-9(17)14-10/h5,8H,2-4,6-7H2,1H3,(H3,13,14,15,16,17,18). The van der Waals surface area contributed by atoms with Crippen LogP contribution in [0.4, 0.5) is 10.7 Å². The van der Waals surface area contributed by atoms with Gasteiger partial charge in [-0.3, -0.25) is 10.1 Å². The lowest BCUT2D eigenvalue weighted by atomic mass is 9.83. The van der Waals surface area contributed by atoms with Crippen LogP contribution in [-0.4, -0.2) is 21.5 Å². The number of nitrogens with zero attached hydrogens (tertiary/aromatic N) is 1. The topological polar surface area (TPSA) is 86.9 Å². The second-order valence-corrected chi connectivity index (χ2v) is 4.98. The van der Waals surface area contributed by atoms with Gasteiger partial charge in [-0.2, -0.15) is 4.98 Å². The average Bonchev–Trinajstić information content (AvgIpc) is 2.28. The van der Waals surface area contributed by atoms with Crippen LogP contribution in [0.5, 0.6) is 0 Å². The first-order valence-corrected chi connectivity index (χ1v) is 6.22. The third-order valence-electron chi connectivity index (χ3n) is 3.27. The number of amides is 2. The number of carbonyl (C=O) groups excluding carboxylic acids is 1. The van der Waals surface area contributed by atoms with Gasteiger partial charge in [-0.05, 0) is 19.8 Å². The predicted octanol–water partition coefficient (Wildman–Crippen LogP) is 1.61. The second kappa shape index (κ2) is 5.20. The van der Waals surface area contributed by atoms with Gasteiger partial charge in [0.15, 0.2) is 0 Å². The molecule has 0 aromatic carbocycles. The van der Waals surface area contributed by atoms with Crippen LogP contribution in [0.1, 0.15) is 39.0 Å². The van der Waals surface area contributed by atoms with Crippen LogP contribution >= 0.6 is 0 Å². The Morgan fingerprint density at radius 2 is 2.11 bits per heavy atom. The maximum Gasteiger partial charge on any atom is 0.321 e. The molecule has 1 heterocycles. The Labute approximate surface area is 105 Å². The minimum Gasteiger partial charge on any atom is -0.333 e. The predicted molar refractivity (Wildman–Crippen MR) is 68.5 cm³/mol. The highest BCUT2D eigenvalue weighted by molar-refractivity contribution is 5.87. The Morgan fingerprint density at radius 3 is 2.78 bits per heavy atom. The van der Waals surface area contributed by atoms with Crippen LogP contribution in [0.25, 0.3) is 0 Å². The van der Waals surface area contributed by atoms with E-state index in [-0.39, 0.29) is 23.1 Å². The van der Waals surface area contributed by atoms with Crippen molar-refractivity contribution in [3.63, 3.8) is 0 Å². The van der Waals surface area contributed by atoms with Gasteiger partial charge in [-0.1, -0.05) is 19.3 Å². The number of rotatable bonds is 2. The largest absolute Gasteiger partial charge is 0.333 e. The minimum absolute atomic E-state index is 0.155. The molecule has 1 fully saturated rings. The molecular formula is C12H18N4O2. The Bertz CT molecular complexity index is 477. The zero-order chi connectivity index (χ0) is 13.0. The molecule has 1 aliphatic rings. The van der Waals surface area contributed by atoms with Crippen molar-refractivity contribution < 1.29 is 4.79 Å². The van der Waals surface area contributed by atoms with E-state index in [0.29, 0.717) is 0 Å². The van der Waals surface area contributed by atoms with Crippen molar-refractivity contribution in [3.8, 4) is 0 Å². The number of H-pyrrole nitrogens is 1. The molecule has 1 aromatic rings. The van der Waals surface area contributed by atoms with E-state index in [1.807, 2.05) is 6.92 Å². The minimum atomic E-state index is -0.382. The van der Waals surface area contributed by atoms with Gasteiger partial charge in [0.2, 0.25) is 5.95 Å². The molecule has 0 spiro atoms. The van der Waals surface area contributed by atoms with Crippen molar-refractivity contribution >= 4 is 12.0 Å². The van der Waals surface area contributed by atoms with Crippen LogP contribution in [-0.2, 0) is 0 Å². The molecule has 18 heavy (non-hydrogen) atoms. The molecule has 0 unspecified atom stereocenters. The molecule has 0 radical (unpaired) electrons. The maximum atomic E-state index is 11.8. The fourth-order valence-corrected chi connectivity index (χ4v) is 2.31. The fraction of sp³-hybridized carbons (Fsp3) is 0.583. The van der Waals surface area contributed by atoms with Crippen molar-refractivity contribution in [2.45, 2.75) is 44.6 Å². The van der Waals surface area contributed by atoms with Crippen LogP contribution in [0.3, 0.4) is 0 Å². The smallest absolute Gasteiger partial charge is 0.321 e. The number of aromatic amines is 1. The molecule has 0 atom stereocenters. The lowest BCUT2D eigenvalue weighted by Gasteiger charge is -2.34. The van der Waals surface area contributed by atoms with E-state index in [1.54, 1.807) is 0 Å². The zero-order valence-corrected chi connectivity index (χ0v) is 10.5. The first-order valence-electron chi connectivity index (χ1n) is 6.22. The van der Waals surface area contributed by atoms with Gasteiger partial charge < -0.3 is 10.3 Å². The molecular weight excluding hydrogens is 232 g/mol. The molecule has 0 aliphatic heterocycles. The third-order valence-corrected chi connectivity index (χ3v) is 3.27. The monoisotopic (exact) mass is 250 g/mol. The van der Waals surface area contributed by atoms with Gasteiger partial charge in [0.25, 0.3) is 5.56 Å². The lowest BCUT2D eigenvalue weighted by Crippen LogP contribution is -2.49. The number of anilines is 1. The van der Waals surface area contributed by atoms with Crippen LogP contribution < -0.4 is 16.2 Å². The van der Waals surface area contributed by atoms with E-state index in [0.717, 1.165) is 25.7 Å². The molecule has 0 saturated heterocycles.